The molecule has 2 unspecified atom stereocenters. The van der Waals surface area contributed by atoms with Crippen molar-refractivity contribution in [3.8, 4) is 0 Å². The summed E-state index contributed by atoms with van der Waals surface area (Å²) in [6.07, 6.45) is 2.29. The molecule has 16 heavy (non-hydrogen) atoms. The van der Waals surface area contributed by atoms with E-state index in [4.69, 9.17) is 5.73 Å². The van der Waals surface area contributed by atoms with Crippen molar-refractivity contribution >= 4 is 11.3 Å². The van der Waals surface area contributed by atoms with Crippen LogP contribution in [-0.4, -0.2) is 24.5 Å². The molecule has 3 heteroatoms. The maximum Gasteiger partial charge on any atom is 0.0564 e. The Morgan fingerprint density at radius 1 is 1.38 bits per heavy atom. The van der Waals surface area contributed by atoms with Gasteiger partial charge < -0.3 is 5.73 Å². The lowest BCUT2D eigenvalue weighted by atomic mass is 10.1. The Hall–Kier alpha value is -0.380. The first-order chi connectivity index (χ1) is 7.63. The van der Waals surface area contributed by atoms with Crippen molar-refractivity contribution in [1.29, 1.82) is 0 Å². The minimum absolute atomic E-state index is 0.375. The minimum Gasteiger partial charge on any atom is -0.329 e. The molecule has 1 rings (SSSR count). The first-order valence-corrected chi connectivity index (χ1v) is 6.96. The van der Waals surface area contributed by atoms with Crippen molar-refractivity contribution in [2.75, 3.05) is 13.6 Å². The van der Waals surface area contributed by atoms with Gasteiger partial charge >= 0.3 is 0 Å². The molecule has 1 heterocycles. The van der Waals surface area contributed by atoms with Crippen LogP contribution in [0.4, 0.5) is 0 Å². The normalized spacial score (nSPS) is 15.4. The largest absolute Gasteiger partial charge is 0.329 e. The fourth-order valence-corrected chi connectivity index (χ4v) is 2.96. The molecule has 2 nitrogen and oxygen atoms in total. The first-order valence-electron chi connectivity index (χ1n) is 6.14. The average molecular weight is 240 g/mol. The van der Waals surface area contributed by atoms with E-state index in [-0.39, 0.29) is 0 Å². The molecule has 0 radical (unpaired) electrons. The van der Waals surface area contributed by atoms with E-state index in [1.165, 1.54) is 16.2 Å². The van der Waals surface area contributed by atoms with Crippen LogP contribution in [-0.2, 0) is 6.42 Å². The molecule has 0 aromatic carbocycles. The van der Waals surface area contributed by atoms with Gasteiger partial charge in [-0.05, 0) is 38.9 Å². The number of rotatable bonds is 6. The smallest absolute Gasteiger partial charge is 0.0564 e. The van der Waals surface area contributed by atoms with Crippen molar-refractivity contribution in [3.05, 3.63) is 21.9 Å². The van der Waals surface area contributed by atoms with Gasteiger partial charge in [-0.25, -0.2) is 0 Å². The topological polar surface area (TPSA) is 29.3 Å². The highest BCUT2D eigenvalue weighted by molar-refractivity contribution is 7.12. The molecular weight excluding hydrogens is 216 g/mol. The SMILES string of the molecule is CCc1ccc(C(CN)N(C)C(C)CC)s1. The summed E-state index contributed by atoms with van der Waals surface area (Å²) >= 11 is 1.90. The Morgan fingerprint density at radius 3 is 2.50 bits per heavy atom. The van der Waals surface area contributed by atoms with Gasteiger partial charge in [0.05, 0.1) is 6.04 Å². The van der Waals surface area contributed by atoms with Crippen LogP contribution in [0.1, 0.15) is 43.0 Å². The van der Waals surface area contributed by atoms with Gasteiger partial charge in [-0.2, -0.15) is 0 Å². The number of nitrogens with two attached hydrogens (primary N) is 1. The lowest BCUT2D eigenvalue weighted by Crippen LogP contribution is -2.36. The minimum atomic E-state index is 0.375. The Balaban J connectivity index is 2.80. The first kappa shape index (κ1) is 13.7. The molecular formula is C13H24N2S. The summed E-state index contributed by atoms with van der Waals surface area (Å²) in [5.41, 5.74) is 5.91. The maximum atomic E-state index is 5.91. The van der Waals surface area contributed by atoms with Gasteiger partial charge in [0, 0.05) is 22.3 Å². The number of hydrogen-bond donors (Lipinski definition) is 1. The predicted molar refractivity (Wildman–Crippen MR) is 73.0 cm³/mol. The molecule has 0 aliphatic rings. The summed E-state index contributed by atoms with van der Waals surface area (Å²) in [7, 11) is 2.18. The fraction of sp³-hybridized carbons (Fsp3) is 0.692. The highest BCUT2D eigenvalue weighted by atomic mass is 32.1. The van der Waals surface area contributed by atoms with E-state index in [0.717, 1.165) is 6.42 Å². The standard InChI is InChI=1S/C13H24N2S/c1-5-10(3)15(4)12(9-14)13-8-7-11(6-2)16-13/h7-8,10,12H,5-6,9,14H2,1-4H3. The second kappa shape index (κ2) is 6.38. The quantitative estimate of drug-likeness (QED) is 0.828. The molecule has 0 saturated carbocycles. The van der Waals surface area contributed by atoms with E-state index in [1.54, 1.807) is 0 Å². The maximum absolute atomic E-state index is 5.91. The van der Waals surface area contributed by atoms with Crippen molar-refractivity contribution in [3.63, 3.8) is 0 Å². The zero-order valence-electron chi connectivity index (χ0n) is 10.9. The fourth-order valence-electron chi connectivity index (χ4n) is 1.84. The van der Waals surface area contributed by atoms with Crippen molar-refractivity contribution in [1.82, 2.24) is 4.90 Å². The molecule has 0 amide bonds. The zero-order valence-corrected chi connectivity index (χ0v) is 11.7. The Kier molecular flexibility index (Phi) is 5.46. The van der Waals surface area contributed by atoms with Gasteiger partial charge in [0.25, 0.3) is 0 Å². The Labute approximate surface area is 103 Å². The molecule has 0 aliphatic carbocycles. The summed E-state index contributed by atoms with van der Waals surface area (Å²) in [5, 5.41) is 0. The van der Waals surface area contributed by atoms with Crippen LogP contribution in [0.25, 0.3) is 0 Å². The predicted octanol–water partition coefficient (Wildman–Crippen LogP) is 3.04. The van der Waals surface area contributed by atoms with Crippen molar-refractivity contribution < 1.29 is 0 Å². The van der Waals surface area contributed by atoms with Crippen LogP contribution in [0.3, 0.4) is 0 Å². The number of nitrogens with zero attached hydrogens (tertiary/aromatic N) is 1. The van der Waals surface area contributed by atoms with Gasteiger partial charge in [0.1, 0.15) is 0 Å². The second-order valence-electron chi connectivity index (χ2n) is 4.33. The monoisotopic (exact) mass is 240 g/mol. The van der Waals surface area contributed by atoms with E-state index in [9.17, 15) is 0 Å². The van der Waals surface area contributed by atoms with E-state index >= 15 is 0 Å². The molecule has 1 aromatic rings. The number of hydrogen-bond acceptors (Lipinski definition) is 3. The number of likely N-dealkylation sites (N-methyl/N-ethyl adjacent to an activating group) is 1. The van der Waals surface area contributed by atoms with Crippen LogP contribution in [0, 0.1) is 0 Å². The summed E-state index contributed by atoms with van der Waals surface area (Å²) in [5.74, 6) is 0. The summed E-state index contributed by atoms with van der Waals surface area (Å²) in [6, 6.07) is 5.42. The average Bonchev–Trinajstić information content (AvgIpc) is 2.77. The third-order valence-corrected chi connectivity index (χ3v) is 4.69. The number of aryl methyl sites for hydroxylation is 1. The summed E-state index contributed by atoms with van der Waals surface area (Å²) in [6.45, 7) is 7.38. The van der Waals surface area contributed by atoms with Crippen LogP contribution >= 0.6 is 11.3 Å². The Bertz CT molecular complexity index is 309. The van der Waals surface area contributed by atoms with Crippen LogP contribution < -0.4 is 5.73 Å². The molecule has 2 atom stereocenters. The molecule has 2 N–H and O–H groups in total. The highest BCUT2D eigenvalue weighted by Crippen LogP contribution is 2.28. The molecule has 0 aliphatic heterocycles. The van der Waals surface area contributed by atoms with Gasteiger partial charge in [-0.1, -0.05) is 13.8 Å². The van der Waals surface area contributed by atoms with E-state index in [1.807, 2.05) is 11.3 Å². The lowest BCUT2D eigenvalue weighted by molar-refractivity contribution is 0.187. The molecule has 0 spiro atoms. The van der Waals surface area contributed by atoms with E-state index in [2.05, 4.69) is 44.9 Å². The molecule has 0 fully saturated rings. The van der Waals surface area contributed by atoms with Gasteiger partial charge in [0.15, 0.2) is 0 Å². The third kappa shape index (κ3) is 3.06. The van der Waals surface area contributed by atoms with Crippen LogP contribution in [0.2, 0.25) is 0 Å². The molecule has 92 valence electrons. The number of thiophene rings is 1. The highest BCUT2D eigenvalue weighted by Gasteiger charge is 2.20. The van der Waals surface area contributed by atoms with Gasteiger partial charge in [0.2, 0.25) is 0 Å². The summed E-state index contributed by atoms with van der Waals surface area (Å²) in [4.78, 5) is 5.25. The van der Waals surface area contributed by atoms with E-state index < -0.39 is 0 Å². The van der Waals surface area contributed by atoms with Crippen LogP contribution in [0.5, 0.6) is 0 Å². The summed E-state index contributed by atoms with van der Waals surface area (Å²) < 4.78 is 0. The van der Waals surface area contributed by atoms with Gasteiger partial charge in [-0.15, -0.1) is 11.3 Å². The van der Waals surface area contributed by atoms with Crippen molar-refractivity contribution in [2.45, 2.75) is 45.7 Å². The molecule has 0 bridgehead atoms. The van der Waals surface area contributed by atoms with Crippen molar-refractivity contribution in [2.24, 2.45) is 5.73 Å². The zero-order chi connectivity index (χ0) is 12.1. The molecule has 0 saturated heterocycles. The van der Waals surface area contributed by atoms with E-state index in [0.29, 0.717) is 18.6 Å². The lowest BCUT2D eigenvalue weighted by Gasteiger charge is -2.31. The second-order valence-corrected chi connectivity index (χ2v) is 5.53. The van der Waals surface area contributed by atoms with Gasteiger partial charge in [-0.3, -0.25) is 4.90 Å². The Morgan fingerprint density at radius 2 is 2.06 bits per heavy atom. The van der Waals surface area contributed by atoms with Crippen LogP contribution in [0.15, 0.2) is 12.1 Å². The molecule has 1 aromatic heterocycles. The third-order valence-electron chi connectivity index (χ3n) is 3.36.